The number of benzene rings is 1. The molecular weight excluding hydrogens is 216 g/mol. The molecule has 0 saturated heterocycles. The first-order valence-corrected chi connectivity index (χ1v) is 5.99. The normalized spacial score (nSPS) is 19.1. The van der Waals surface area contributed by atoms with Crippen LogP contribution in [0.4, 0.5) is 0 Å². The topological polar surface area (TPSA) is 46.5 Å². The predicted octanol–water partition coefficient (Wildman–Crippen LogP) is 2.11. The first-order chi connectivity index (χ1) is 8.13. The van der Waals surface area contributed by atoms with Crippen molar-refractivity contribution in [2.24, 2.45) is 0 Å². The van der Waals surface area contributed by atoms with Crippen LogP contribution >= 0.6 is 0 Å². The van der Waals surface area contributed by atoms with E-state index < -0.39 is 5.60 Å². The number of hydrogen-bond acceptors (Lipinski definition) is 3. The number of hydrogen-bond donors (Lipinski definition) is 1. The van der Waals surface area contributed by atoms with E-state index in [1.54, 1.807) is 7.11 Å². The third-order valence-corrected chi connectivity index (χ3v) is 3.45. The van der Waals surface area contributed by atoms with Crippen LogP contribution in [0.5, 0.6) is 5.75 Å². The van der Waals surface area contributed by atoms with Gasteiger partial charge in [0.05, 0.1) is 12.7 Å². The van der Waals surface area contributed by atoms with Gasteiger partial charge in [-0.25, -0.2) is 0 Å². The summed E-state index contributed by atoms with van der Waals surface area (Å²) in [5.41, 5.74) is 0.259. The summed E-state index contributed by atoms with van der Waals surface area (Å²) in [7, 11) is 1.63. The molecule has 3 heteroatoms. The van der Waals surface area contributed by atoms with E-state index in [0.29, 0.717) is 32.1 Å². The lowest BCUT2D eigenvalue weighted by atomic mass is 9.80. The van der Waals surface area contributed by atoms with Gasteiger partial charge in [0, 0.05) is 19.3 Å². The minimum atomic E-state index is -0.747. The molecule has 0 bridgehead atoms. The maximum atomic E-state index is 11.2. The monoisotopic (exact) mass is 234 g/mol. The standard InChI is InChI=1S/C14H18O3/c1-17-13-5-3-2-4-11(13)10-14(16)8-6-12(15)7-9-14/h2-5,16H,6-10H2,1H3. The van der Waals surface area contributed by atoms with Gasteiger partial charge in [-0.3, -0.25) is 4.79 Å². The molecule has 0 radical (unpaired) electrons. The van der Waals surface area contributed by atoms with E-state index in [1.807, 2.05) is 24.3 Å². The average Bonchev–Trinajstić information content (AvgIpc) is 2.34. The summed E-state index contributed by atoms with van der Waals surface area (Å²) in [6, 6.07) is 7.71. The van der Waals surface area contributed by atoms with Crippen LogP contribution in [0.3, 0.4) is 0 Å². The van der Waals surface area contributed by atoms with Gasteiger partial charge in [-0.15, -0.1) is 0 Å². The van der Waals surface area contributed by atoms with E-state index in [4.69, 9.17) is 4.74 Å². The van der Waals surface area contributed by atoms with Crippen LogP contribution in [0.15, 0.2) is 24.3 Å². The molecule has 0 aromatic heterocycles. The van der Waals surface area contributed by atoms with Crippen molar-refractivity contribution < 1.29 is 14.6 Å². The molecule has 3 nitrogen and oxygen atoms in total. The van der Waals surface area contributed by atoms with Gasteiger partial charge in [-0.1, -0.05) is 18.2 Å². The zero-order valence-corrected chi connectivity index (χ0v) is 10.1. The fourth-order valence-electron chi connectivity index (χ4n) is 2.37. The summed E-state index contributed by atoms with van der Waals surface area (Å²) in [4.78, 5) is 11.2. The summed E-state index contributed by atoms with van der Waals surface area (Å²) >= 11 is 0. The number of carbonyl (C=O) groups excluding carboxylic acids is 1. The van der Waals surface area contributed by atoms with Gasteiger partial charge in [-0.05, 0) is 24.5 Å². The Bertz CT molecular complexity index is 402. The minimum Gasteiger partial charge on any atom is -0.496 e. The maximum Gasteiger partial charge on any atom is 0.133 e. The summed E-state index contributed by atoms with van der Waals surface area (Å²) in [5, 5.41) is 10.5. The average molecular weight is 234 g/mol. The molecule has 1 fully saturated rings. The number of carbonyl (C=O) groups is 1. The van der Waals surface area contributed by atoms with Crippen LogP contribution in [0.1, 0.15) is 31.2 Å². The molecule has 2 rings (SSSR count). The Labute approximate surface area is 101 Å². The largest absolute Gasteiger partial charge is 0.496 e. The van der Waals surface area contributed by atoms with Crippen molar-refractivity contribution in [1.82, 2.24) is 0 Å². The molecule has 1 aromatic carbocycles. The van der Waals surface area contributed by atoms with Crippen LogP contribution < -0.4 is 4.74 Å². The van der Waals surface area contributed by atoms with E-state index in [0.717, 1.165) is 11.3 Å². The number of ketones is 1. The number of rotatable bonds is 3. The van der Waals surface area contributed by atoms with Crippen LogP contribution in [0.2, 0.25) is 0 Å². The quantitative estimate of drug-likeness (QED) is 0.871. The van der Waals surface area contributed by atoms with Crippen molar-refractivity contribution in [3.05, 3.63) is 29.8 Å². The summed E-state index contributed by atoms with van der Waals surface area (Å²) < 4.78 is 5.27. The molecule has 0 amide bonds. The second-order valence-electron chi connectivity index (χ2n) is 4.75. The Morgan fingerprint density at radius 1 is 1.29 bits per heavy atom. The van der Waals surface area contributed by atoms with E-state index in [-0.39, 0.29) is 5.78 Å². The molecule has 1 saturated carbocycles. The fraction of sp³-hybridized carbons (Fsp3) is 0.500. The molecular formula is C14H18O3. The number of methoxy groups -OCH3 is 1. The Hall–Kier alpha value is -1.35. The molecule has 92 valence electrons. The molecule has 1 N–H and O–H groups in total. The van der Waals surface area contributed by atoms with Crippen molar-refractivity contribution in [2.75, 3.05) is 7.11 Å². The van der Waals surface area contributed by atoms with Crippen LogP contribution in [-0.2, 0) is 11.2 Å². The highest BCUT2D eigenvalue weighted by Crippen LogP contribution is 2.32. The van der Waals surface area contributed by atoms with Gasteiger partial charge in [-0.2, -0.15) is 0 Å². The summed E-state index contributed by atoms with van der Waals surface area (Å²) in [5.74, 6) is 1.06. The number of ether oxygens (including phenoxy) is 1. The Morgan fingerprint density at radius 2 is 1.94 bits per heavy atom. The van der Waals surface area contributed by atoms with Crippen LogP contribution in [-0.4, -0.2) is 23.6 Å². The highest BCUT2D eigenvalue weighted by molar-refractivity contribution is 5.79. The fourth-order valence-corrected chi connectivity index (χ4v) is 2.37. The van der Waals surface area contributed by atoms with Gasteiger partial charge >= 0.3 is 0 Å². The predicted molar refractivity (Wildman–Crippen MR) is 65.1 cm³/mol. The molecule has 0 unspecified atom stereocenters. The first-order valence-electron chi connectivity index (χ1n) is 5.99. The lowest BCUT2D eigenvalue weighted by Crippen LogP contribution is -2.36. The highest BCUT2D eigenvalue weighted by atomic mass is 16.5. The zero-order chi connectivity index (χ0) is 12.3. The molecule has 0 atom stereocenters. The van der Waals surface area contributed by atoms with E-state index in [1.165, 1.54) is 0 Å². The van der Waals surface area contributed by atoms with Crippen molar-refractivity contribution >= 4 is 5.78 Å². The summed E-state index contributed by atoms with van der Waals surface area (Å²) in [6.07, 6.45) is 2.66. The molecule has 1 aliphatic rings. The molecule has 17 heavy (non-hydrogen) atoms. The Kier molecular flexibility index (Phi) is 3.48. The SMILES string of the molecule is COc1ccccc1CC1(O)CCC(=O)CC1. The minimum absolute atomic E-state index is 0.259. The van der Waals surface area contributed by atoms with Crippen LogP contribution in [0.25, 0.3) is 0 Å². The zero-order valence-electron chi connectivity index (χ0n) is 10.1. The van der Waals surface area contributed by atoms with Gasteiger partial charge in [0.1, 0.15) is 11.5 Å². The molecule has 1 aliphatic carbocycles. The molecule has 0 aliphatic heterocycles. The molecule has 0 heterocycles. The van der Waals surface area contributed by atoms with Gasteiger partial charge in [0.25, 0.3) is 0 Å². The molecule has 0 spiro atoms. The second kappa shape index (κ2) is 4.88. The van der Waals surface area contributed by atoms with Gasteiger partial charge in [0.15, 0.2) is 0 Å². The van der Waals surface area contributed by atoms with E-state index in [9.17, 15) is 9.90 Å². The third kappa shape index (κ3) is 2.86. The van der Waals surface area contributed by atoms with Gasteiger partial charge < -0.3 is 9.84 Å². The highest BCUT2D eigenvalue weighted by Gasteiger charge is 2.33. The maximum absolute atomic E-state index is 11.2. The van der Waals surface area contributed by atoms with Gasteiger partial charge in [0.2, 0.25) is 0 Å². The van der Waals surface area contributed by atoms with Crippen molar-refractivity contribution in [1.29, 1.82) is 0 Å². The first kappa shape index (κ1) is 12.1. The van der Waals surface area contributed by atoms with Crippen molar-refractivity contribution in [3.8, 4) is 5.75 Å². The Morgan fingerprint density at radius 3 is 2.59 bits per heavy atom. The number of para-hydroxylation sites is 1. The smallest absolute Gasteiger partial charge is 0.133 e. The van der Waals surface area contributed by atoms with E-state index >= 15 is 0 Å². The van der Waals surface area contributed by atoms with Crippen molar-refractivity contribution in [2.45, 2.75) is 37.7 Å². The number of Topliss-reactive ketones (excluding diaryl/α,β-unsaturated/α-hetero) is 1. The second-order valence-corrected chi connectivity index (χ2v) is 4.75. The lowest BCUT2D eigenvalue weighted by molar-refractivity contribution is -0.125. The molecule has 1 aromatic rings. The van der Waals surface area contributed by atoms with Crippen LogP contribution in [0, 0.1) is 0 Å². The lowest BCUT2D eigenvalue weighted by Gasteiger charge is -2.31. The number of aliphatic hydroxyl groups is 1. The van der Waals surface area contributed by atoms with Crippen molar-refractivity contribution in [3.63, 3.8) is 0 Å². The summed E-state index contributed by atoms with van der Waals surface area (Å²) in [6.45, 7) is 0. The third-order valence-electron chi connectivity index (χ3n) is 3.45. The van der Waals surface area contributed by atoms with E-state index in [2.05, 4.69) is 0 Å². The Balaban J connectivity index is 2.12.